The minimum absolute atomic E-state index is 0.180. The molecule has 0 amide bonds. The Hall–Kier alpha value is -1.88. The van der Waals surface area contributed by atoms with Crippen molar-refractivity contribution in [3.8, 4) is 0 Å². The second-order valence-electron chi connectivity index (χ2n) is 4.65. The summed E-state index contributed by atoms with van der Waals surface area (Å²) < 4.78 is 13.8. The normalized spacial score (nSPS) is 10.7. The van der Waals surface area contributed by atoms with Gasteiger partial charge in [-0.1, -0.05) is 25.4 Å². The highest BCUT2D eigenvalue weighted by molar-refractivity contribution is 6.30. The van der Waals surface area contributed by atoms with Crippen LogP contribution in [-0.4, -0.2) is 17.0 Å². The monoisotopic (exact) mass is 294 g/mol. The van der Waals surface area contributed by atoms with E-state index in [0.29, 0.717) is 28.2 Å². The van der Waals surface area contributed by atoms with Crippen LogP contribution in [0.15, 0.2) is 24.3 Å². The summed E-state index contributed by atoms with van der Waals surface area (Å²) in [5, 5.41) is 6.27. The van der Waals surface area contributed by atoms with Crippen molar-refractivity contribution < 1.29 is 4.39 Å². The zero-order valence-corrected chi connectivity index (χ0v) is 12.3. The molecular formula is C14H16ClFN4. The second-order valence-corrected chi connectivity index (χ2v) is 5.09. The standard InChI is InChI=1S/C14H16ClFN4/c1-8(2)14-19-12(17-3)7-13(20-14)18-11-5-4-9(15)6-10(11)16/h4-8H,1-3H3,(H2,17,18,19,20). The second kappa shape index (κ2) is 6.05. The van der Waals surface area contributed by atoms with E-state index in [-0.39, 0.29) is 5.92 Å². The molecule has 0 atom stereocenters. The smallest absolute Gasteiger partial charge is 0.148 e. The van der Waals surface area contributed by atoms with Crippen LogP contribution in [0.2, 0.25) is 5.02 Å². The number of nitrogens with zero attached hydrogens (tertiary/aromatic N) is 2. The van der Waals surface area contributed by atoms with E-state index in [0.717, 1.165) is 0 Å². The lowest BCUT2D eigenvalue weighted by Gasteiger charge is -2.12. The summed E-state index contributed by atoms with van der Waals surface area (Å²) in [5.41, 5.74) is 0.324. The number of rotatable bonds is 4. The highest BCUT2D eigenvalue weighted by atomic mass is 35.5. The van der Waals surface area contributed by atoms with E-state index in [9.17, 15) is 4.39 Å². The molecule has 6 heteroatoms. The molecule has 20 heavy (non-hydrogen) atoms. The fourth-order valence-electron chi connectivity index (χ4n) is 1.65. The minimum Gasteiger partial charge on any atom is -0.373 e. The molecule has 0 bridgehead atoms. The first-order chi connectivity index (χ1) is 9.49. The Bertz CT molecular complexity index is 616. The number of hydrogen-bond donors (Lipinski definition) is 2. The van der Waals surface area contributed by atoms with E-state index in [4.69, 9.17) is 11.6 Å². The molecule has 0 aliphatic heterocycles. The summed E-state index contributed by atoms with van der Waals surface area (Å²) in [7, 11) is 1.78. The quantitative estimate of drug-likeness (QED) is 0.888. The van der Waals surface area contributed by atoms with Gasteiger partial charge in [-0.2, -0.15) is 0 Å². The molecule has 2 aromatic rings. The lowest BCUT2D eigenvalue weighted by Crippen LogP contribution is -2.05. The van der Waals surface area contributed by atoms with Crippen molar-refractivity contribution in [1.82, 2.24) is 9.97 Å². The Balaban J connectivity index is 2.34. The number of nitrogens with one attached hydrogen (secondary N) is 2. The van der Waals surface area contributed by atoms with Gasteiger partial charge in [0.25, 0.3) is 0 Å². The zero-order valence-electron chi connectivity index (χ0n) is 11.5. The maximum absolute atomic E-state index is 13.8. The van der Waals surface area contributed by atoms with Gasteiger partial charge in [-0.25, -0.2) is 14.4 Å². The third kappa shape index (κ3) is 3.36. The van der Waals surface area contributed by atoms with Crippen molar-refractivity contribution in [2.45, 2.75) is 19.8 Å². The highest BCUT2D eigenvalue weighted by Gasteiger charge is 2.09. The summed E-state index contributed by atoms with van der Waals surface area (Å²) in [6, 6.07) is 6.18. The Labute approximate surface area is 122 Å². The molecule has 0 unspecified atom stereocenters. The van der Waals surface area contributed by atoms with Gasteiger partial charge in [0.05, 0.1) is 5.69 Å². The van der Waals surface area contributed by atoms with E-state index in [1.54, 1.807) is 25.2 Å². The molecule has 0 aliphatic rings. The van der Waals surface area contributed by atoms with Crippen molar-refractivity contribution in [3.05, 3.63) is 40.9 Å². The molecule has 1 heterocycles. The third-order valence-corrected chi connectivity index (χ3v) is 2.94. The lowest BCUT2D eigenvalue weighted by molar-refractivity contribution is 0.632. The van der Waals surface area contributed by atoms with Crippen LogP contribution in [0.1, 0.15) is 25.6 Å². The van der Waals surface area contributed by atoms with Gasteiger partial charge in [0.1, 0.15) is 23.3 Å². The maximum Gasteiger partial charge on any atom is 0.148 e. The molecule has 0 saturated carbocycles. The Morgan fingerprint density at radius 2 is 1.85 bits per heavy atom. The molecule has 0 fully saturated rings. The largest absolute Gasteiger partial charge is 0.373 e. The summed E-state index contributed by atoms with van der Waals surface area (Å²) >= 11 is 5.73. The first-order valence-electron chi connectivity index (χ1n) is 6.28. The van der Waals surface area contributed by atoms with Gasteiger partial charge in [0.15, 0.2) is 0 Å². The summed E-state index contributed by atoms with van der Waals surface area (Å²) in [6.45, 7) is 4.00. The first-order valence-corrected chi connectivity index (χ1v) is 6.66. The molecular weight excluding hydrogens is 279 g/mol. The van der Waals surface area contributed by atoms with Gasteiger partial charge in [-0.3, -0.25) is 0 Å². The molecule has 0 saturated heterocycles. The summed E-state index contributed by atoms with van der Waals surface area (Å²) in [4.78, 5) is 8.73. The van der Waals surface area contributed by atoms with Gasteiger partial charge in [-0.05, 0) is 18.2 Å². The molecule has 1 aromatic carbocycles. The van der Waals surface area contributed by atoms with Crippen LogP contribution in [0.5, 0.6) is 0 Å². The first kappa shape index (κ1) is 14.5. The van der Waals surface area contributed by atoms with Gasteiger partial charge in [0, 0.05) is 24.1 Å². The van der Waals surface area contributed by atoms with Crippen LogP contribution in [0, 0.1) is 5.82 Å². The fraction of sp³-hybridized carbons (Fsp3) is 0.286. The topological polar surface area (TPSA) is 49.8 Å². The number of benzene rings is 1. The SMILES string of the molecule is CNc1cc(Nc2ccc(Cl)cc2F)nc(C(C)C)n1. The summed E-state index contributed by atoms with van der Waals surface area (Å²) in [5.74, 6) is 1.66. The average Bonchev–Trinajstić information content (AvgIpc) is 2.41. The van der Waals surface area contributed by atoms with E-state index < -0.39 is 5.82 Å². The molecule has 4 nitrogen and oxygen atoms in total. The van der Waals surface area contributed by atoms with Crippen LogP contribution in [0.3, 0.4) is 0 Å². The van der Waals surface area contributed by atoms with E-state index in [1.807, 2.05) is 13.8 Å². The molecule has 2 rings (SSSR count). The molecule has 0 spiro atoms. The predicted molar refractivity (Wildman–Crippen MR) is 80.4 cm³/mol. The van der Waals surface area contributed by atoms with Gasteiger partial charge >= 0.3 is 0 Å². The van der Waals surface area contributed by atoms with Gasteiger partial charge < -0.3 is 10.6 Å². The average molecular weight is 295 g/mol. The molecule has 0 radical (unpaired) electrons. The van der Waals surface area contributed by atoms with Crippen LogP contribution >= 0.6 is 11.6 Å². The van der Waals surface area contributed by atoms with E-state index in [2.05, 4.69) is 20.6 Å². The van der Waals surface area contributed by atoms with E-state index in [1.165, 1.54) is 6.07 Å². The van der Waals surface area contributed by atoms with Crippen LogP contribution in [0.25, 0.3) is 0 Å². The molecule has 1 aromatic heterocycles. The predicted octanol–water partition coefficient (Wildman–Crippen LogP) is 4.18. The number of aromatic nitrogens is 2. The number of halogens is 2. The zero-order chi connectivity index (χ0) is 14.7. The Morgan fingerprint density at radius 1 is 1.15 bits per heavy atom. The lowest BCUT2D eigenvalue weighted by atomic mass is 10.2. The molecule has 0 aliphatic carbocycles. The highest BCUT2D eigenvalue weighted by Crippen LogP contribution is 2.24. The van der Waals surface area contributed by atoms with Crippen molar-refractivity contribution in [2.24, 2.45) is 0 Å². The third-order valence-electron chi connectivity index (χ3n) is 2.71. The van der Waals surface area contributed by atoms with Crippen molar-refractivity contribution in [1.29, 1.82) is 0 Å². The van der Waals surface area contributed by atoms with Crippen molar-refractivity contribution in [3.63, 3.8) is 0 Å². The Morgan fingerprint density at radius 3 is 2.45 bits per heavy atom. The van der Waals surface area contributed by atoms with Crippen molar-refractivity contribution in [2.75, 3.05) is 17.7 Å². The van der Waals surface area contributed by atoms with Crippen molar-refractivity contribution >= 4 is 28.9 Å². The van der Waals surface area contributed by atoms with Crippen LogP contribution in [0.4, 0.5) is 21.7 Å². The fourth-order valence-corrected chi connectivity index (χ4v) is 1.80. The van der Waals surface area contributed by atoms with Gasteiger partial charge in [-0.15, -0.1) is 0 Å². The Kier molecular flexibility index (Phi) is 4.39. The molecule has 2 N–H and O–H groups in total. The summed E-state index contributed by atoms with van der Waals surface area (Å²) in [6.07, 6.45) is 0. The molecule has 106 valence electrons. The number of anilines is 3. The van der Waals surface area contributed by atoms with Crippen LogP contribution in [-0.2, 0) is 0 Å². The number of hydrogen-bond acceptors (Lipinski definition) is 4. The maximum atomic E-state index is 13.8. The van der Waals surface area contributed by atoms with Gasteiger partial charge in [0.2, 0.25) is 0 Å². The minimum atomic E-state index is -0.423. The van der Waals surface area contributed by atoms with Crippen LogP contribution < -0.4 is 10.6 Å². The van der Waals surface area contributed by atoms with E-state index >= 15 is 0 Å².